The van der Waals surface area contributed by atoms with E-state index in [9.17, 15) is 5.11 Å². The van der Waals surface area contributed by atoms with Crippen LogP contribution in [0.15, 0.2) is 54.6 Å². The number of nitrogens with one attached hydrogen (secondary N) is 1. The van der Waals surface area contributed by atoms with Crippen LogP contribution in [0.2, 0.25) is 10.0 Å². The van der Waals surface area contributed by atoms with Gasteiger partial charge in [0.05, 0.1) is 29.4 Å². The third kappa shape index (κ3) is 3.86. The molecule has 168 valence electrons. The summed E-state index contributed by atoms with van der Waals surface area (Å²) < 4.78 is 17.2. The van der Waals surface area contributed by atoms with Gasteiger partial charge in [0.15, 0.2) is 11.8 Å². The minimum absolute atomic E-state index is 0.242. The predicted octanol–water partition coefficient (Wildman–Crippen LogP) is 4.50. The predicted molar refractivity (Wildman–Crippen MR) is 125 cm³/mol. The molecule has 2 N–H and O–H groups in total. The van der Waals surface area contributed by atoms with Gasteiger partial charge in [0, 0.05) is 10.6 Å². The molecule has 0 spiro atoms. The van der Waals surface area contributed by atoms with Crippen molar-refractivity contribution in [3.63, 3.8) is 0 Å². The van der Waals surface area contributed by atoms with Gasteiger partial charge < -0.3 is 24.3 Å². The normalized spacial score (nSPS) is 24.3. The molecule has 4 aromatic rings. The highest BCUT2D eigenvalue weighted by atomic mass is 35.5. The maximum absolute atomic E-state index is 9.90. The van der Waals surface area contributed by atoms with Gasteiger partial charge in [-0.2, -0.15) is 4.98 Å². The van der Waals surface area contributed by atoms with Crippen molar-refractivity contribution in [2.45, 2.75) is 24.4 Å². The van der Waals surface area contributed by atoms with Crippen molar-refractivity contribution < 1.29 is 19.3 Å². The monoisotopic (exact) mass is 483 g/mol. The van der Waals surface area contributed by atoms with Crippen molar-refractivity contribution in [3.8, 4) is 28.4 Å². The summed E-state index contributed by atoms with van der Waals surface area (Å²) in [6, 6.07) is 17.8. The molecule has 2 saturated heterocycles. The van der Waals surface area contributed by atoms with Gasteiger partial charge in [-0.05, 0) is 29.3 Å². The molecular formula is C24H19Cl2N3O4. The summed E-state index contributed by atoms with van der Waals surface area (Å²) in [5.41, 5.74) is 4.74. The Morgan fingerprint density at radius 1 is 0.909 bits per heavy atom. The SMILES string of the molecule is O[C@@H]1CO[C@H]2[C@@H]1OC[C@H]2Oc1nc2nc(-c3ccc(-c4cccc(Cl)c4)cc3)c(Cl)cc2[nH]1. The molecule has 2 aliphatic rings. The van der Waals surface area contributed by atoms with Crippen LogP contribution in [-0.4, -0.2) is 57.7 Å². The molecule has 0 radical (unpaired) electrons. The van der Waals surface area contributed by atoms with E-state index in [1.165, 1.54) is 0 Å². The molecule has 4 heterocycles. The van der Waals surface area contributed by atoms with Crippen LogP contribution in [0.1, 0.15) is 0 Å². The molecule has 33 heavy (non-hydrogen) atoms. The number of aliphatic hydroxyl groups excluding tert-OH is 1. The fraction of sp³-hybridized carbons (Fsp3) is 0.250. The number of nitrogens with zero attached hydrogens (tertiary/aromatic N) is 2. The van der Waals surface area contributed by atoms with Crippen molar-refractivity contribution in [1.82, 2.24) is 15.0 Å². The summed E-state index contributed by atoms with van der Waals surface area (Å²) in [6.07, 6.45) is -1.68. The van der Waals surface area contributed by atoms with Gasteiger partial charge in [0.2, 0.25) is 0 Å². The van der Waals surface area contributed by atoms with E-state index in [0.717, 1.165) is 16.7 Å². The van der Waals surface area contributed by atoms with Crippen molar-refractivity contribution in [2.75, 3.05) is 13.2 Å². The third-order valence-electron chi connectivity index (χ3n) is 5.97. The Morgan fingerprint density at radius 2 is 1.70 bits per heavy atom. The number of imidazole rings is 1. The Morgan fingerprint density at radius 3 is 2.52 bits per heavy atom. The molecule has 0 saturated carbocycles. The number of ether oxygens (including phenoxy) is 3. The fourth-order valence-electron chi connectivity index (χ4n) is 4.33. The Balaban J connectivity index is 1.26. The zero-order chi connectivity index (χ0) is 22.5. The minimum Gasteiger partial charge on any atom is -0.456 e. The van der Waals surface area contributed by atoms with Crippen LogP contribution >= 0.6 is 23.2 Å². The van der Waals surface area contributed by atoms with Crippen molar-refractivity contribution >= 4 is 34.4 Å². The van der Waals surface area contributed by atoms with E-state index >= 15 is 0 Å². The van der Waals surface area contributed by atoms with Crippen molar-refractivity contribution in [2.24, 2.45) is 0 Å². The van der Waals surface area contributed by atoms with E-state index in [2.05, 4.69) is 15.0 Å². The number of hydrogen-bond donors (Lipinski definition) is 2. The molecule has 0 unspecified atom stereocenters. The van der Waals surface area contributed by atoms with Gasteiger partial charge >= 0.3 is 0 Å². The van der Waals surface area contributed by atoms with Crippen LogP contribution in [0.3, 0.4) is 0 Å². The Bertz CT molecular complexity index is 1330. The van der Waals surface area contributed by atoms with Crippen molar-refractivity contribution in [1.29, 1.82) is 0 Å². The van der Waals surface area contributed by atoms with Crippen LogP contribution in [-0.2, 0) is 9.47 Å². The number of halogens is 2. The summed E-state index contributed by atoms with van der Waals surface area (Å²) in [6.45, 7) is 0.563. The average molecular weight is 484 g/mol. The second kappa shape index (κ2) is 8.27. The second-order valence-electron chi connectivity index (χ2n) is 8.14. The van der Waals surface area contributed by atoms with Gasteiger partial charge in [0.25, 0.3) is 6.01 Å². The van der Waals surface area contributed by atoms with Crippen LogP contribution < -0.4 is 4.74 Å². The maximum Gasteiger partial charge on any atom is 0.296 e. The van der Waals surface area contributed by atoms with Crippen molar-refractivity contribution in [3.05, 3.63) is 64.6 Å². The van der Waals surface area contributed by atoms with E-state index in [1.807, 2.05) is 48.5 Å². The highest BCUT2D eigenvalue weighted by molar-refractivity contribution is 6.33. The minimum atomic E-state index is -0.632. The molecule has 4 atom stereocenters. The topological polar surface area (TPSA) is 89.5 Å². The zero-order valence-electron chi connectivity index (χ0n) is 17.2. The summed E-state index contributed by atoms with van der Waals surface area (Å²) >= 11 is 12.7. The van der Waals surface area contributed by atoms with E-state index in [-0.39, 0.29) is 24.9 Å². The Hall–Kier alpha value is -2.68. The summed E-state index contributed by atoms with van der Waals surface area (Å²) in [5.74, 6) is 0. The first kappa shape index (κ1) is 20.9. The third-order valence-corrected chi connectivity index (χ3v) is 6.49. The summed E-state index contributed by atoms with van der Waals surface area (Å²) in [5, 5.41) is 11.1. The van der Waals surface area contributed by atoms with E-state index < -0.39 is 6.10 Å². The summed E-state index contributed by atoms with van der Waals surface area (Å²) in [4.78, 5) is 12.2. The standard InChI is InChI=1S/C24H19Cl2N3O4/c25-15-3-1-2-14(8-15)12-4-6-13(7-5-12)20-16(26)9-17-23(28-20)29-24(27-17)33-19-11-32-21-18(30)10-31-22(19)21/h1-9,18-19,21-22,30H,10-11H2,(H,27,28,29)/t18-,19-,21-,22-/m1/s1. The van der Waals surface area contributed by atoms with Crippen LogP contribution in [0.5, 0.6) is 6.01 Å². The number of H-pyrrole nitrogens is 1. The van der Waals surface area contributed by atoms with Crippen LogP contribution in [0.25, 0.3) is 33.5 Å². The lowest BCUT2D eigenvalue weighted by Gasteiger charge is -2.15. The second-order valence-corrected chi connectivity index (χ2v) is 8.98. The van der Waals surface area contributed by atoms with Gasteiger partial charge in [0.1, 0.15) is 18.3 Å². The van der Waals surface area contributed by atoms with Gasteiger partial charge in [-0.25, -0.2) is 4.98 Å². The molecule has 0 aliphatic carbocycles. The molecule has 2 fully saturated rings. The number of aliphatic hydroxyl groups is 1. The largest absolute Gasteiger partial charge is 0.456 e. The molecule has 2 aromatic carbocycles. The summed E-state index contributed by atoms with van der Waals surface area (Å²) in [7, 11) is 0. The van der Waals surface area contributed by atoms with E-state index in [1.54, 1.807) is 6.07 Å². The molecule has 2 aliphatic heterocycles. The van der Waals surface area contributed by atoms with Gasteiger partial charge in [-0.15, -0.1) is 0 Å². The number of fused-ring (bicyclic) bond motifs is 2. The maximum atomic E-state index is 9.90. The fourth-order valence-corrected chi connectivity index (χ4v) is 4.78. The lowest BCUT2D eigenvalue weighted by atomic mass is 10.0. The van der Waals surface area contributed by atoms with E-state index in [4.69, 9.17) is 37.4 Å². The molecule has 2 aromatic heterocycles. The Kier molecular flexibility index (Phi) is 5.24. The van der Waals surface area contributed by atoms with Crippen LogP contribution in [0.4, 0.5) is 0 Å². The smallest absolute Gasteiger partial charge is 0.296 e. The lowest BCUT2D eigenvalue weighted by Crippen LogP contribution is -2.34. The molecule has 6 rings (SSSR count). The first-order valence-corrected chi connectivity index (χ1v) is 11.3. The number of pyridine rings is 1. The molecule has 0 bridgehead atoms. The molecule has 9 heteroatoms. The first-order chi connectivity index (χ1) is 16.0. The first-order valence-electron chi connectivity index (χ1n) is 10.6. The average Bonchev–Trinajstić information content (AvgIpc) is 3.50. The number of aromatic amines is 1. The highest BCUT2D eigenvalue weighted by Gasteiger charge is 2.48. The number of rotatable bonds is 4. The molecule has 0 amide bonds. The lowest BCUT2D eigenvalue weighted by molar-refractivity contribution is 0.00706. The van der Waals surface area contributed by atoms with Crippen LogP contribution in [0, 0.1) is 0 Å². The number of hydrogen-bond acceptors (Lipinski definition) is 6. The quantitative estimate of drug-likeness (QED) is 0.443. The van der Waals surface area contributed by atoms with Gasteiger partial charge in [-0.1, -0.05) is 59.6 Å². The molecular weight excluding hydrogens is 465 g/mol. The number of benzene rings is 2. The Labute approximate surface area is 199 Å². The highest BCUT2D eigenvalue weighted by Crippen LogP contribution is 2.33. The number of aromatic nitrogens is 3. The van der Waals surface area contributed by atoms with Gasteiger partial charge in [-0.3, -0.25) is 0 Å². The van der Waals surface area contributed by atoms with E-state index in [0.29, 0.717) is 39.5 Å². The molecule has 7 nitrogen and oxygen atoms in total. The zero-order valence-corrected chi connectivity index (χ0v) is 18.8.